The second kappa shape index (κ2) is 7.95. The lowest BCUT2D eigenvalue weighted by Gasteiger charge is -2.37. The Balaban J connectivity index is 1.76. The Morgan fingerprint density at radius 3 is 2.11 bits per heavy atom. The molecule has 0 aliphatic carbocycles. The third-order valence-corrected chi connectivity index (χ3v) is 4.07. The molecule has 0 bridgehead atoms. The van der Waals surface area contributed by atoms with Crippen molar-refractivity contribution in [2.24, 2.45) is 0 Å². The third-order valence-electron chi connectivity index (χ3n) is 4.07. The Hall–Kier alpha value is -2.62. The quantitative estimate of drug-likeness (QED) is 0.422. The van der Waals surface area contributed by atoms with E-state index in [0.29, 0.717) is 5.56 Å². The molecule has 0 aromatic heterocycles. The van der Waals surface area contributed by atoms with Crippen molar-refractivity contribution in [3.05, 3.63) is 53.6 Å². The van der Waals surface area contributed by atoms with E-state index in [4.69, 9.17) is 9.47 Å². The van der Waals surface area contributed by atoms with E-state index in [1.807, 2.05) is 0 Å². The van der Waals surface area contributed by atoms with E-state index in [0.717, 1.165) is 5.56 Å². The molecule has 0 spiro atoms. The van der Waals surface area contributed by atoms with E-state index in [9.17, 15) is 30.6 Å². The molecule has 1 saturated heterocycles. The highest BCUT2D eigenvalue weighted by atomic mass is 16.7. The monoisotopic (exact) mass is 376 g/mol. The molecule has 1 fully saturated rings. The normalized spacial score (nSPS) is 28.4. The number of aromatic hydroxyl groups is 2. The molecular weight excluding hydrogens is 356 g/mol. The van der Waals surface area contributed by atoms with Crippen LogP contribution in [-0.2, 0) is 4.74 Å². The molecule has 3 rings (SSSR count). The maximum atomic E-state index is 9.93. The minimum atomic E-state index is -1.72. The fourth-order valence-electron chi connectivity index (χ4n) is 2.61. The van der Waals surface area contributed by atoms with Crippen molar-refractivity contribution in [3.8, 4) is 17.2 Å². The van der Waals surface area contributed by atoms with Gasteiger partial charge in [0, 0.05) is 6.07 Å². The highest BCUT2D eigenvalue weighted by molar-refractivity contribution is 5.71. The van der Waals surface area contributed by atoms with Crippen LogP contribution >= 0.6 is 0 Å². The molecule has 0 radical (unpaired) electrons. The average molecular weight is 376 g/mol. The van der Waals surface area contributed by atoms with Crippen LogP contribution in [0.15, 0.2) is 42.5 Å². The lowest BCUT2D eigenvalue weighted by Crippen LogP contribution is -2.59. The van der Waals surface area contributed by atoms with Crippen LogP contribution in [0, 0.1) is 0 Å². The second-order valence-electron chi connectivity index (χ2n) is 6.17. The van der Waals surface area contributed by atoms with E-state index in [-0.39, 0.29) is 17.2 Å². The van der Waals surface area contributed by atoms with Crippen LogP contribution in [-0.4, -0.2) is 61.5 Å². The molecule has 8 nitrogen and oxygen atoms in total. The number of ether oxygens (including phenoxy) is 2. The Morgan fingerprint density at radius 2 is 1.41 bits per heavy atom. The minimum absolute atomic E-state index is 0.107. The summed E-state index contributed by atoms with van der Waals surface area (Å²) >= 11 is 0. The van der Waals surface area contributed by atoms with E-state index in [1.54, 1.807) is 42.5 Å². The number of aliphatic hydroxyl groups excluding tert-OH is 4. The van der Waals surface area contributed by atoms with Gasteiger partial charge in [0.1, 0.15) is 35.6 Å². The van der Waals surface area contributed by atoms with Gasteiger partial charge in [-0.25, -0.2) is 0 Å². The molecule has 144 valence electrons. The molecule has 2 aromatic carbocycles. The van der Waals surface area contributed by atoms with E-state index >= 15 is 0 Å². The van der Waals surface area contributed by atoms with Crippen molar-refractivity contribution in [1.29, 1.82) is 0 Å². The van der Waals surface area contributed by atoms with Crippen molar-refractivity contribution in [2.75, 3.05) is 0 Å². The van der Waals surface area contributed by atoms with Crippen LogP contribution < -0.4 is 4.74 Å². The predicted octanol–water partition coefficient (Wildman–Crippen LogP) is 0.404. The molecule has 1 aliphatic heterocycles. The smallest absolute Gasteiger partial charge is 0.231 e. The maximum absolute atomic E-state index is 9.93. The summed E-state index contributed by atoms with van der Waals surface area (Å²) in [6.45, 7) is 0. The van der Waals surface area contributed by atoms with Crippen LogP contribution in [0.4, 0.5) is 0 Å². The number of rotatable bonds is 4. The lowest BCUT2D eigenvalue weighted by atomic mass is 10.0. The van der Waals surface area contributed by atoms with Crippen molar-refractivity contribution in [2.45, 2.75) is 30.9 Å². The number of phenols is 2. The third kappa shape index (κ3) is 4.57. The largest absolute Gasteiger partial charge is 0.508 e. The van der Waals surface area contributed by atoms with Crippen LogP contribution in [0.3, 0.4) is 0 Å². The van der Waals surface area contributed by atoms with Gasteiger partial charge in [0.25, 0.3) is 0 Å². The summed E-state index contributed by atoms with van der Waals surface area (Å²) in [6.07, 6.45) is -4.61. The first-order chi connectivity index (χ1) is 12.8. The molecule has 0 unspecified atom stereocenters. The second-order valence-corrected chi connectivity index (χ2v) is 6.17. The van der Waals surface area contributed by atoms with Gasteiger partial charge in [-0.2, -0.15) is 0 Å². The van der Waals surface area contributed by atoms with Gasteiger partial charge >= 0.3 is 0 Å². The molecule has 0 amide bonds. The SMILES string of the molecule is Oc1ccc(/C=C/c2cc(O)cc(O[C@@H]3O[C@H](O)[C@@H](O)[C@H](O)[C@H]3O)c2)cc1. The Morgan fingerprint density at radius 1 is 0.741 bits per heavy atom. The van der Waals surface area contributed by atoms with E-state index in [1.165, 1.54) is 12.1 Å². The van der Waals surface area contributed by atoms with Crippen LogP contribution in [0.2, 0.25) is 0 Å². The lowest BCUT2D eigenvalue weighted by molar-refractivity contribution is -0.321. The number of phenolic OH excluding ortho intramolecular Hbond substituents is 2. The molecular formula is C19H20O8. The Kier molecular flexibility index (Phi) is 5.64. The number of aliphatic hydroxyl groups is 4. The molecule has 8 heteroatoms. The van der Waals surface area contributed by atoms with Gasteiger partial charge in [0.05, 0.1) is 0 Å². The van der Waals surface area contributed by atoms with Crippen LogP contribution in [0.1, 0.15) is 11.1 Å². The molecule has 0 saturated carbocycles. The number of hydrogen-bond acceptors (Lipinski definition) is 8. The van der Waals surface area contributed by atoms with Gasteiger partial charge in [-0.3, -0.25) is 0 Å². The minimum Gasteiger partial charge on any atom is -0.508 e. The fraction of sp³-hybridized carbons (Fsp3) is 0.263. The topological polar surface area (TPSA) is 140 Å². The van der Waals surface area contributed by atoms with Crippen molar-refractivity contribution < 1.29 is 40.1 Å². The van der Waals surface area contributed by atoms with Crippen molar-refractivity contribution in [1.82, 2.24) is 0 Å². The molecule has 5 atom stereocenters. The van der Waals surface area contributed by atoms with Gasteiger partial charge in [-0.1, -0.05) is 24.3 Å². The molecule has 1 aliphatic rings. The van der Waals surface area contributed by atoms with Gasteiger partial charge < -0.3 is 40.1 Å². The number of hydrogen-bond donors (Lipinski definition) is 6. The van der Waals surface area contributed by atoms with Crippen molar-refractivity contribution >= 4 is 12.2 Å². The summed E-state index contributed by atoms with van der Waals surface area (Å²) in [5, 5.41) is 57.8. The van der Waals surface area contributed by atoms with E-state index < -0.39 is 30.9 Å². The average Bonchev–Trinajstić information content (AvgIpc) is 2.63. The van der Waals surface area contributed by atoms with Gasteiger partial charge in [0.15, 0.2) is 6.29 Å². The summed E-state index contributed by atoms with van der Waals surface area (Å²) in [5.74, 6) is 0.171. The summed E-state index contributed by atoms with van der Waals surface area (Å²) in [5.41, 5.74) is 1.40. The first-order valence-electron chi connectivity index (χ1n) is 8.19. The van der Waals surface area contributed by atoms with E-state index in [2.05, 4.69) is 0 Å². The highest BCUT2D eigenvalue weighted by Crippen LogP contribution is 2.28. The van der Waals surface area contributed by atoms with Crippen LogP contribution in [0.25, 0.3) is 12.2 Å². The maximum Gasteiger partial charge on any atom is 0.231 e. The first kappa shape index (κ1) is 19.2. The summed E-state index contributed by atoms with van der Waals surface area (Å²) < 4.78 is 10.4. The molecule has 27 heavy (non-hydrogen) atoms. The summed E-state index contributed by atoms with van der Waals surface area (Å²) in [6, 6.07) is 10.8. The predicted molar refractivity (Wildman–Crippen MR) is 94.7 cm³/mol. The summed E-state index contributed by atoms with van der Waals surface area (Å²) in [4.78, 5) is 0. The summed E-state index contributed by atoms with van der Waals surface area (Å²) in [7, 11) is 0. The fourth-order valence-corrected chi connectivity index (χ4v) is 2.61. The van der Waals surface area contributed by atoms with Gasteiger partial charge in [-0.05, 0) is 35.4 Å². The number of benzene rings is 2. The zero-order chi connectivity index (χ0) is 19.6. The molecule has 2 aromatic rings. The van der Waals surface area contributed by atoms with Gasteiger partial charge in [-0.15, -0.1) is 0 Å². The molecule has 1 heterocycles. The zero-order valence-corrected chi connectivity index (χ0v) is 14.1. The van der Waals surface area contributed by atoms with Gasteiger partial charge in [0.2, 0.25) is 6.29 Å². The highest BCUT2D eigenvalue weighted by Gasteiger charge is 2.44. The standard InChI is InChI=1S/C19H20O8/c20-12-5-3-10(4-6-12)1-2-11-7-13(21)9-14(8-11)26-19-17(24)15(22)16(23)18(25)27-19/h1-9,15-25H/b2-1+/t15-,16-,17+,18-,19+/m0/s1. The molecule has 6 N–H and O–H groups in total. The Labute approximate surface area is 154 Å². The zero-order valence-electron chi connectivity index (χ0n) is 14.1. The van der Waals surface area contributed by atoms with Crippen LogP contribution in [0.5, 0.6) is 17.2 Å². The Bertz CT molecular complexity index is 804. The first-order valence-corrected chi connectivity index (χ1v) is 8.19. The van der Waals surface area contributed by atoms with Crippen molar-refractivity contribution in [3.63, 3.8) is 0 Å².